The van der Waals surface area contributed by atoms with Crippen LogP contribution in [0.25, 0.3) is 11.3 Å². The van der Waals surface area contributed by atoms with Gasteiger partial charge in [0.15, 0.2) is 5.11 Å². The van der Waals surface area contributed by atoms with Crippen LogP contribution >= 0.6 is 35.4 Å². The van der Waals surface area contributed by atoms with E-state index in [1.165, 1.54) is 0 Å². The highest BCUT2D eigenvalue weighted by Crippen LogP contribution is 2.29. The van der Waals surface area contributed by atoms with Gasteiger partial charge in [-0.25, -0.2) is 4.98 Å². The normalized spacial score (nSPS) is 18.3. The van der Waals surface area contributed by atoms with E-state index < -0.39 is 0 Å². The average molecular weight is 484 g/mol. The number of likely N-dealkylation sites (tertiary alicyclic amines) is 1. The summed E-state index contributed by atoms with van der Waals surface area (Å²) >= 11 is 17.8. The zero-order chi connectivity index (χ0) is 22.7. The zero-order valence-electron chi connectivity index (χ0n) is 18.0. The predicted molar refractivity (Wildman–Crippen MR) is 130 cm³/mol. The first-order valence-corrected chi connectivity index (χ1v) is 11.4. The maximum Gasteiger partial charge on any atom is 0.278 e. The Balaban J connectivity index is 1.99. The predicted octanol–water partition coefficient (Wildman–Crippen LogP) is 3.32. The van der Waals surface area contributed by atoms with Crippen LogP contribution in [0.5, 0.6) is 0 Å². The fourth-order valence-electron chi connectivity index (χ4n) is 3.77. The van der Waals surface area contributed by atoms with Gasteiger partial charge < -0.3 is 20.3 Å². The summed E-state index contributed by atoms with van der Waals surface area (Å²) in [6.07, 6.45) is 0.570. The van der Waals surface area contributed by atoms with Gasteiger partial charge in [-0.3, -0.25) is 9.36 Å². The van der Waals surface area contributed by atoms with Crippen LogP contribution in [0.2, 0.25) is 10.0 Å². The largest absolute Gasteiger partial charge is 0.374 e. The zero-order valence-corrected chi connectivity index (χ0v) is 20.4. The third-order valence-electron chi connectivity index (χ3n) is 5.35. The lowest BCUT2D eigenvalue weighted by atomic mass is 10.1. The van der Waals surface area contributed by atoms with Gasteiger partial charge in [-0.2, -0.15) is 0 Å². The van der Waals surface area contributed by atoms with Crippen molar-refractivity contribution in [3.8, 4) is 11.3 Å². The van der Waals surface area contributed by atoms with Crippen LogP contribution in [0, 0.1) is 0 Å². The first-order chi connectivity index (χ1) is 14.8. The maximum atomic E-state index is 13.2. The van der Waals surface area contributed by atoms with Crippen LogP contribution < -0.4 is 16.2 Å². The summed E-state index contributed by atoms with van der Waals surface area (Å²) < 4.78 is 7.54. The molecule has 168 valence electrons. The Morgan fingerprint density at radius 3 is 2.68 bits per heavy atom. The molecule has 1 aliphatic heterocycles. The lowest BCUT2D eigenvalue weighted by Gasteiger charge is -2.24. The van der Waals surface area contributed by atoms with Crippen molar-refractivity contribution < 1.29 is 4.74 Å². The standard InChI is InChI=1S/C21H27Cl2N5O2S/c1-5-15-19(26-16-10-28(21(31)24-3)11-17(16)30-6-2)27(4)20(29)18(25-15)13-8-7-12(22)9-14(13)23/h7-9,16-17,26H,5-6,10-11H2,1-4H3,(H,24,31)/t16-,17+/m1/s1. The molecule has 0 spiro atoms. The van der Waals surface area contributed by atoms with E-state index >= 15 is 0 Å². The van der Waals surface area contributed by atoms with Crippen molar-refractivity contribution in [2.75, 3.05) is 32.1 Å². The third-order valence-corrected chi connectivity index (χ3v) is 6.36. The van der Waals surface area contributed by atoms with Crippen LogP contribution in [-0.4, -0.2) is 58.5 Å². The van der Waals surface area contributed by atoms with E-state index in [1.54, 1.807) is 29.8 Å². The Labute approximate surface area is 197 Å². The summed E-state index contributed by atoms with van der Waals surface area (Å²) in [7, 11) is 3.54. The molecule has 0 unspecified atom stereocenters. The van der Waals surface area contributed by atoms with Crippen LogP contribution in [0.3, 0.4) is 0 Å². The van der Waals surface area contributed by atoms with E-state index in [2.05, 4.69) is 20.5 Å². The first kappa shape index (κ1) is 23.8. The molecular formula is C21H27Cl2N5O2S. The van der Waals surface area contributed by atoms with E-state index in [-0.39, 0.29) is 17.7 Å². The van der Waals surface area contributed by atoms with E-state index in [0.717, 1.165) is 5.69 Å². The molecule has 0 aliphatic carbocycles. The minimum absolute atomic E-state index is 0.0473. The smallest absolute Gasteiger partial charge is 0.278 e. The summed E-state index contributed by atoms with van der Waals surface area (Å²) in [5.41, 5.74) is 1.40. The summed E-state index contributed by atoms with van der Waals surface area (Å²) in [5, 5.41) is 8.09. The lowest BCUT2D eigenvalue weighted by molar-refractivity contribution is 0.0671. The fourth-order valence-corrected chi connectivity index (χ4v) is 4.42. The number of hydrogen-bond donors (Lipinski definition) is 2. The van der Waals surface area contributed by atoms with E-state index in [1.807, 2.05) is 20.9 Å². The van der Waals surface area contributed by atoms with Crippen molar-refractivity contribution in [2.24, 2.45) is 7.05 Å². The molecule has 3 rings (SSSR count). The Kier molecular flexibility index (Phi) is 7.80. The van der Waals surface area contributed by atoms with Gasteiger partial charge in [0.2, 0.25) is 0 Å². The van der Waals surface area contributed by atoms with Gasteiger partial charge in [0.25, 0.3) is 5.56 Å². The highest BCUT2D eigenvalue weighted by Gasteiger charge is 2.35. The number of aryl methyl sites for hydroxylation is 1. The van der Waals surface area contributed by atoms with Crippen molar-refractivity contribution in [1.82, 2.24) is 19.8 Å². The lowest BCUT2D eigenvalue weighted by Crippen LogP contribution is -2.38. The minimum atomic E-state index is -0.238. The molecule has 10 heteroatoms. The highest BCUT2D eigenvalue weighted by atomic mass is 35.5. The summed E-state index contributed by atoms with van der Waals surface area (Å²) in [5.74, 6) is 0.674. The third kappa shape index (κ3) is 4.98. The molecule has 0 radical (unpaired) electrons. The van der Waals surface area contributed by atoms with Crippen LogP contribution in [0.1, 0.15) is 19.5 Å². The van der Waals surface area contributed by atoms with Gasteiger partial charge in [0.05, 0.1) is 22.9 Å². The molecule has 1 fully saturated rings. The average Bonchev–Trinajstić information content (AvgIpc) is 3.14. The van der Waals surface area contributed by atoms with E-state index in [4.69, 9.17) is 40.2 Å². The number of rotatable bonds is 6. The molecule has 2 atom stereocenters. The SMILES string of the molecule is CCO[C@H]1CN(C(=S)NC)C[C@H]1Nc1c(CC)nc(-c2ccc(Cl)cc2Cl)c(=O)n1C. The molecule has 0 bridgehead atoms. The van der Waals surface area contributed by atoms with Crippen LogP contribution in [0.4, 0.5) is 5.82 Å². The number of nitrogens with one attached hydrogen (secondary N) is 2. The molecule has 1 aliphatic rings. The number of ether oxygens (including phenoxy) is 1. The van der Waals surface area contributed by atoms with Crippen molar-refractivity contribution in [2.45, 2.75) is 32.4 Å². The van der Waals surface area contributed by atoms with Gasteiger partial charge in [-0.15, -0.1) is 0 Å². The monoisotopic (exact) mass is 483 g/mol. The molecule has 1 saturated heterocycles. The summed E-state index contributed by atoms with van der Waals surface area (Å²) in [6, 6.07) is 4.99. The molecule has 2 aromatic rings. The van der Waals surface area contributed by atoms with Gasteiger partial charge in [0.1, 0.15) is 11.5 Å². The number of nitrogens with zero attached hydrogens (tertiary/aromatic N) is 3. The molecule has 31 heavy (non-hydrogen) atoms. The molecule has 0 amide bonds. The highest BCUT2D eigenvalue weighted by molar-refractivity contribution is 7.80. The molecule has 2 N–H and O–H groups in total. The van der Waals surface area contributed by atoms with Crippen LogP contribution in [-0.2, 0) is 18.2 Å². The first-order valence-electron chi connectivity index (χ1n) is 10.2. The number of anilines is 1. The van der Waals surface area contributed by atoms with Gasteiger partial charge in [-0.05, 0) is 43.8 Å². The van der Waals surface area contributed by atoms with Gasteiger partial charge in [-0.1, -0.05) is 30.1 Å². The van der Waals surface area contributed by atoms with Crippen molar-refractivity contribution in [3.63, 3.8) is 0 Å². The molecule has 1 aromatic heterocycles. The Morgan fingerprint density at radius 2 is 2.06 bits per heavy atom. The topological polar surface area (TPSA) is 71.4 Å². The van der Waals surface area contributed by atoms with Crippen molar-refractivity contribution in [1.29, 1.82) is 0 Å². The molecule has 7 nitrogen and oxygen atoms in total. The second-order valence-electron chi connectivity index (χ2n) is 7.30. The number of aromatic nitrogens is 2. The van der Waals surface area contributed by atoms with Gasteiger partial charge in [0, 0.05) is 44.4 Å². The molecular weight excluding hydrogens is 457 g/mol. The Bertz CT molecular complexity index is 1030. The second-order valence-corrected chi connectivity index (χ2v) is 8.53. The Hall–Kier alpha value is -1.87. The van der Waals surface area contributed by atoms with Gasteiger partial charge >= 0.3 is 0 Å². The van der Waals surface area contributed by atoms with Crippen LogP contribution in [0.15, 0.2) is 23.0 Å². The second kappa shape index (κ2) is 10.2. The molecule has 1 aromatic carbocycles. The summed E-state index contributed by atoms with van der Waals surface area (Å²) in [6.45, 7) is 5.89. The van der Waals surface area contributed by atoms with Crippen molar-refractivity contribution >= 4 is 46.4 Å². The fraction of sp³-hybridized carbons (Fsp3) is 0.476. The number of thiocarbonyl (C=S) groups is 1. The van der Waals surface area contributed by atoms with E-state index in [0.29, 0.717) is 58.4 Å². The minimum Gasteiger partial charge on any atom is -0.374 e. The number of hydrogen-bond acceptors (Lipinski definition) is 5. The number of benzene rings is 1. The summed E-state index contributed by atoms with van der Waals surface area (Å²) in [4.78, 5) is 19.9. The molecule has 0 saturated carbocycles. The van der Waals surface area contributed by atoms with Crippen molar-refractivity contribution in [3.05, 3.63) is 44.3 Å². The molecule has 2 heterocycles. The van der Waals surface area contributed by atoms with E-state index in [9.17, 15) is 4.79 Å². The number of halogens is 2. The maximum absolute atomic E-state index is 13.2. The Morgan fingerprint density at radius 1 is 1.32 bits per heavy atom. The quantitative estimate of drug-likeness (QED) is 0.610.